The minimum atomic E-state index is -1.32. The Bertz CT molecular complexity index is 455. The van der Waals surface area contributed by atoms with Crippen molar-refractivity contribution >= 4 is 27.5 Å². The van der Waals surface area contributed by atoms with E-state index in [4.69, 9.17) is 9.47 Å². The number of ether oxygens (including phenoxy) is 2. The molecule has 86 valence electrons. The summed E-state index contributed by atoms with van der Waals surface area (Å²) >= 11 is 3.42. The van der Waals surface area contributed by atoms with Gasteiger partial charge in [0.25, 0.3) is 11.7 Å². The van der Waals surface area contributed by atoms with Crippen LogP contribution in [0.4, 0.5) is 5.69 Å². The van der Waals surface area contributed by atoms with E-state index in [9.17, 15) is 4.79 Å². The van der Waals surface area contributed by atoms with Gasteiger partial charge in [-0.05, 0) is 24.6 Å². The topological polar surface area (TPSA) is 47.6 Å². The standard InChI is InChI=1S/C11H12BrNO3/c1-6-8(12)5-4-7-9(6)13-10(14)11(7,15-2)16-3/h4-5H,1-3H3,(H,13,14). The smallest absolute Gasteiger partial charge is 0.289 e. The maximum Gasteiger partial charge on any atom is 0.289 e. The zero-order chi connectivity index (χ0) is 11.9. The number of amides is 1. The highest BCUT2D eigenvalue weighted by Crippen LogP contribution is 2.42. The maximum atomic E-state index is 11.9. The van der Waals surface area contributed by atoms with E-state index in [0.29, 0.717) is 5.56 Å². The second kappa shape index (κ2) is 3.84. The van der Waals surface area contributed by atoms with Crippen LogP contribution in [-0.4, -0.2) is 20.1 Å². The molecule has 1 aliphatic heterocycles. The van der Waals surface area contributed by atoms with Crippen molar-refractivity contribution in [3.05, 3.63) is 27.7 Å². The second-order valence-electron chi connectivity index (χ2n) is 3.57. The SMILES string of the molecule is COC1(OC)C(=O)Nc2c1ccc(Br)c2C. The summed E-state index contributed by atoms with van der Waals surface area (Å²) in [5, 5.41) is 2.78. The van der Waals surface area contributed by atoms with E-state index in [2.05, 4.69) is 21.2 Å². The first-order valence-corrected chi connectivity index (χ1v) is 5.57. The number of hydrogen-bond donors (Lipinski definition) is 1. The predicted molar refractivity (Wildman–Crippen MR) is 63.2 cm³/mol. The van der Waals surface area contributed by atoms with Gasteiger partial charge in [-0.15, -0.1) is 0 Å². The van der Waals surface area contributed by atoms with Gasteiger partial charge in [0.2, 0.25) is 0 Å². The maximum absolute atomic E-state index is 11.9. The van der Waals surface area contributed by atoms with Crippen molar-refractivity contribution < 1.29 is 14.3 Å². The number of carbonyl (C=O) groups excluding carboxylic acids is 1. The van der Waals surface area contributed by atoms with Gasteiger partial charge in [0.1, 0.15) is 0 Å². The van der Waals surface area contributed by atoms with Gasteiger partial charge in [-0.1, -0.05) is 15.9 Å². The van der Waals surface area contributed by atoms with Crippen LogP contribution < -0.4 is 5.32 Å². The monoisotopic (exact) mass is 285 g/mol. The number of benzene rings is 1. The third-order valence-corrected chi connectivity index (χ3v) is 3.72. The van der Waals surface area contributed by atoms with Crippen molar-refractivity contribution in [1.82, 2.24) is 0 Å². The first kappa shape index (κ1) is 11.6. The van der Waals surface area contributed by atoms with Gasteiger partial charge >= 0.3 is 0 Å². The van der Waals surface area contributed by atoms with E-state index < -0.39 is 5.79 Å². The Balaban J connectivity index is 2.67. The number of rotatable bonds is 2. The number of nitrogens with one attached hydrogen (secondary N) is 1. The summed E-state index contributed by atoms with van der Waals surface area (Å²) in [6.07, 6.45) is 0. The van der Waals surface area contributed by atoms with Crippen molar-refractivity contribution in [2.75, 3.05) is 19.5 Å². The molecule has 1 aromatic carbocycles. The molecule has 0 unspecified atom stereocenters. The van der Waals surface area contributed by atoms with Crippen LogP contribution in [-0.2, 0) is 20.1 Å². The molecule has 5 heteroatoms. The average molecular weight is 286 g/mol. The summed E-state index contributed by atoms with van der Waals surface area (Å²) in [5.74, 6) is -1.62. The van der Waals surface area contributed by atoms with Gasteiger partial charge < -0.3 is 14.8 Å². The molecule has 0 radical (unpaired) electrons. The molecule has 4 nitrogen and oxygen atoms in total. The van der Waals surface area contributed by atoms with Crippen molar-refractivity contribution in [1.29, 1.82) is 0 Å². The Morgan fingerprint density at radius 2 is 1.94 bits per heavy atom. The predicted octanol–water partition coefficient (Wildman–Crippen LogP) is 2.16. The lowest BCUT2D eigenvalue weighted by molar-refractivity contribution is -0.207. The van der Waals surface area contributed by atoms with Crippen LogP contribution >= 0.6 is 15.9 Å². The molecular formula is C11H12BrNO3. The molecule has 0 aromatic heterocycles. The molecule has 0 aliphatic carbocycles. The lowest BCUT2D eigenvalue weighted by atomic mass is 10.0. The molecule has 0 saturated carbocycles. The minimum Gasteiger partial charge on any atom is -0.342 e. The second-order valence-corrected chi connectivity index (χ2v) is 4.43. The first-order chi connectivity index (χ1) is 7.56. The summed E-state index contributed by atoms with van der Waals surface area (Å²) in [6, 6.07) is 3.69. The van der Waals surface area contributed by atoms with E-state index in [1.165, 1.54) is 14.2 Å². The molecule has 0 bridgehead atoms. The van der Waals surface area contributed by atoms with Gasteiger partial charge in [-0.3, -0.25) is 4.79 Å². The lowest BCUT2D eigenvalue weighted by Gasteiger charge is -2.23. The Hall–Kier alpha value is -0.910. The van der Waals surface area contributed by atoms with E-state index >= 15 is 0 Å². The van der Waals surface area contributed by atoms with E-state index in [0.717, 1.165) is 15.7 Å². The molecular weight excluding hydrogens is 274 g/mol. The highest BCUT2D eigenvalue weighted by molar-refractivity contribution is 9.10. The fraction of sp³-hybridized carbons (Fsp3) is 0.364. The van der Waals surface area contributed by atoms with Crippen LogP contribution in [0, 0.1) is 6.92 Å². The number of hydrogen-bond acceptors (Lipinski definition) is 3. The van der Waals surface area contributed by atoms with Crippen molar-refractivity contribution in [2.45, 2.75) is 12.7 Å². The molecule has 1 aromatic rings. The average Bonchev–Trinajstić information content (AvgIpc) is 2.57. The number of carbonyl (C=O) groups is 1. The zero-order valence-electron chi connectivity index (χ0n) is 9.26. The number of anilines is 1. The molecule has 0 spiro atoms. The van der Waals surface area contributed by atoms with Gasteiger partial charge in [-0.25, -0.2) is 0 Å². The molecule has 16 heavy (non-hydrogen) atoms. The van der Waals surface area contributed by atoms with Crippen LogP contribution in [0.5, 0.6) is 0 Å². The van der Waals surface area contributed by atoms with Crippen LogP contribution in [0.3, 0.4) is 0 Å². The number of fused-ring (bicyclic) bond motifs is 1. The normalized spacial score (nSPS) is 17.1. The Labute approximate surface area is 102 Å². The molecule has 0 atom stereocenters. The zero-order valence-corrected chi connectivity index (χ0v) is 10.8. The third-order valence-electron chi connectivity index (χ3n) is 2.87. The third kappa shape index (κ3) is 1.32. The minimum absolute atomic E-state index is 0.297. The van der Waals surface area contributed by atoms with E-state index in [1.54, 1.807) is 0 Å². The van der Waals surface area contributed by atoms with Gasteiger partial charge in [0.05, 0.1) is 5.69 Å². The first-order valence-electron chi connectivity index (χ1n) is 4.78. The van der Waals surface area contributed by atoms with Crippen LogP contribution in [0.15, 0.2) is 16.6 Å². The molecule has 2 rings (SSSR count). The van der Waals surface area contributed by atoms with E-state index in [1.807, 2.05) is 19.1 Å². The Morgan fingerprint density at radius 1 is 1.31 bits per heavy atom. The summed E-state index contributed by atoms with van der Waals surface area (Å²) in [5.41, 5.74) is 2.42. The Kier molecular flexibility index (Phi) is 2.77. The molecule has 1 N–H and O–H groups in total. The van der Waals surface area contributed by atoms with Crippen molar-refractivity contribution in [3.8, 4) is 0 Å². The summed E-state index contributed by atoms with van der Waals surface area (Å²) < 4.78 is 11.4. The van der Waals surface area contributed by atoms with Crippen LogP contribution in [0.25, 0.3) is 0 Å². The lowest BCUT2D eigenvalue weighted by Crippen LogP contribution is -2.38. The Morgan fingerprint density at radius 3 is 2.50 bits per heavy atom. The summed E-state index contributed by atoms with van der Waals surface area (Å²) in [7, 11) is 2.91. The molecule has 0 saturated heterocycles. The number of methoxy groups -OCH3 is 2. The van der Waals surface area contributed by atoms with Gasteiger partial charge in [0, 0.05) is 24.3 Å². The quantitative estimate of drug-likeness (QED) is 0.847. The molecule has 1 amide bonds. The van der Waals surface area contributed by atoms with Crippen LogP contribution in [0.2, 0.25) is 0 Å². The largest absolute Gasteiger partial charge is 0.342 e. The van der Waals surface area contributed by atoms with Crippen molar-refractivity contribution in [2.24, 2.45) is 0 Å². The fourth-order valence-electron chi connectivity index (χ4n) is 1.93. The van der Waals surface area contributed by atoms with Crippen molar-refractivity contribution in [3.63, 3.8) is 0 Å². The summed E-state index contributed by atoms with van der Waals surface area (Å²) in [4.78, 5) is 11.9. The van der Waals surface area contributed by atoms with E-state index in [-0.39, 0.29) is 5.91 Å². The van der Waals surface area contributed by atoms with Gasteiger partial charge in [-0.2, -0.15) is 0 Å². The number of halogens is 1. The molecule has 1 heterocycles. The molecule has 0 fully saturated rings. The summed E-state index contributed by atoms with van der Waals surface area (Å²) in [6.45, 7) is 1.92. The van der Waals surface area contributed by atoms with Crippen LogP contribution in [0.1, 0.15) is 11.1 Å². The fourth-order valence-corrected chi connectivity index (χ4v) is 2.26. The van der Waals surface area contributed by atoms with Gasteiger partial charge in [0.15, 0.2) is 0 Å². The highest BCUT2D eigenvalue weighted by Gasteiger charge is 2.48. The highest BCUT2D eigenvalue weighted by atomic mass is 79.9. The molecule has 1 aliphatic rings.